The van der Waals surface area contributed by atoms with Gasteiger partial charge in [-0.2, -0.15) is 0 Å². The van der Waals surface area contributed by atoms with Crippen LogP contribution in [0.3, 0.4) is 0 Å². The van der Waals surface area contributed by atoms with Gasteiger partial charge >= 0.3 is 0 Å². The van der Waals surface area contributed by atoms with Crippen molar-refractivity contribution in [2.45, 2.75) is 25.8 Å². The zero-order valence-electron chi connectivity index (χ0n) is 13.6. The molecule has 0 fully saturated rings. The summed E-state index contributed by atoms with van der Waals surface area (Å²) < 4.78 is 10.8. The zero-order chi connectivity index (χ0) is 16.5. The fourth-order valence-electron chi connectivity index (χ4n) is 2.18. The van der Waals surface area contributed by atoms with Crippen molar-refractivity contribution in [3.8, 4) is 11.5 Å². The molecule has 0 aliphatic heterocycles. The number of aryl methyl sites for hydroxylation is 1. The van der Waals surface area contributed by atoms with Gasteiger partial charge in [-0.05, 0) is 43.2 Å². The topological polar surface area (TPSA) is 47.6 Å². The van der Waals surface area contributed by atoms with Crippen LogP contribution in [0.2, 0.25) is 0 Å². The van der Waals surface area contributed by atoms with Gasteiger partial charge < -0.3 is 14.8 Å². The number of carbonyl (C=O) groups excluding carboxylic acids is 1. The van der Waals surface area contributed by atoms with Gasteiger partial charge in [-0.15, -0.1) is 0 Å². The van der Waals surface area contributed by atoms with E-state index in [0.717, 1.165) is 17.9 Å². The maximum atomic E-state index is 11.9. The molecule has 0 saturated carbocycles. The number of benzene rings is 2. The lowest BCUT2D eigenvalue weighted by Crippen LogP contribution is -2.36. The van der Waals surface area contributed by atoms with Gasteiger partial charge in [-0.1, -0.05) is 30.3 Å². The van der Waals surface area contributed by atoms with Gasteiger partial charge in [0.25, 0.3) is 0 Å². The molecule has 0 spiro atoms. The van der Waals surface area contributed by atoms with E-state index in [0.29, 0.717) is 13.0 Å². The Bertz CT molecular complexity index is 596. The van der Waals surface area contributed by atoms with E-state index < -0.39 is 0 Å². The summed E-state index contributed by atoms with van der Waals surface area (Å²) in [4.78, 5) is 11.9. The first-order chi connectivity index (χ1) is 11.2. The molecule has 0 bridgehead atoms. The largest absolute Gasteiger partial charge is 0.497 e. The number of ether oxygens (including phenoxy) is 2. The fraction of sp³-hybridized carbons (Fsp3) is 0.316. The molecule has 1 N–H and O–H groups in total. The number of methoxy groups -OCH3 is 1. The maximum absolute atomic E-state index is 11.9. The molecule has 4 nitrogen and oxygen atoms in total. The highest BCUT2D eigenvalue weighted by Crippen LogP contribution is 2.17. The molecule has 0 unspecified atom stereocenters. The SMILES string of the molecule is COc1ccc(OC[C@@H](C)NC(=O)CCc2ccccc2)cc1. The zero-order valence-corrected chi connectivity index (χ0v) is 13.6. The smallest absolute Gasteiger partial charge is 0.220 e. The van der Waals surface area contributed by atoms with Crippen molar-refractivity contribution in [2.24, 2.45) is 0 Å². The Hall–Kier alpha value is -2.49. The van der Waals surface area contributed by atoms with E-state index in [1.165, 1.54) is 5.56 Å². The molecule has 0 saturated heterocycles. The van der Waals surface area contributed by atoms with E-state index in [-0.39, 0.29) is 11.9 Å². The Morgan fingerprint density at radius 3 is 2.35 bits per heavy atom. The summed E-state index contributed by atoms with van der Waals surface area (Å²) >= 11 is 0. The third kappa shape index (κ3) is 6.02. The highest BCUT2D eigenvalue weighted by Gasteiger charge is 2.08. The average Bonchev–Trinajstić information content (AvgIpc) is 2.59. The quantitative estimate of drug-likeness (QED) is 0.814. The Kier molecular flexibility index (Phi) is 6.48. The maximum Gasteiger partial charge on any atom is 0.220 e. The number of hydrogen-bond donors (Lipinski definition) is 1. The first-order valence-corrected chi connectivity index (χ1v) is 7.77. The van der Waals surface area contributed by atoms with Crippen LogP contribution < -0.4 is 14.8 Å². The summed E-state index contributed by atoms with van der Waals surface area (Å²) in [6.45, 7) is 2.37. The Labute approximate surface area is 137 Å². The van der Waals surface area contributed by atoms with Crippen molar-refractivity contribution in [1.82, 2.24) is 5.32 Å². The number of carbonyl (C=O) groups is 1. The van der Waals surface area contributed by atoms with Crippen molar-refractivity contribution in [2.75, 3.05) is 13.7 Å². The van der Waals surface area contributed by atoms with Crippen molar-refractivity contribution < 1.29 is 14.3 Å². The second kappa shape index (κ2) is 8.83. The van der Waals surface area contributed by atoms with Gasteiger partial charge in [0.1, 0.15) is 18.1 Å². The molecule has 2 aromatic carbocycles. The monoisotopic (exact) mass is 313 g/mol. The lowest BCUT2D eigenvalue weighted by molar-refractivity contribution is -0.121. The van der Waals surface area contributed by atoms with Crippen LogP contribution in [0.5, 0.6) is 11.5 Å². The molecule has 122 valence electrons. The fourth-order valence-corrected chi connectivity index (χ4v) is 2.18. The summed E-state index contributed by atoms with van der Waals surface area (Å²) in [5.74, 6) is 1.59. The van der Waals surface area contributed by atoms with Gasteiger partial charge in [-0.25, -0.2) is 0 Å². The molecular weight excluding hydrogens is 290 g/mol. The highest BCUT2D eigenvalue weighted by molar-refractivity contribution is 5.76. The number of amides is 1. The predicted molar refractivity (Wildman–Crippen MR) is 90.9 cm³/mol. The molecular formula is C19H23NO3. The Morgan fingerprint density at radius 1 is 1.04 bits per heavy atom. The molecule has 0 radical (unpaired) electrons. The molecule has 0 aromatic heterocycles. The molecule has 0 aliphatic rings. The number of rotatable bonds is 8. The van der Waals surface area contributed by atoms with Crippen LogP contribution in [0.4, 0.5) is 0 Å². The second-order valence-corrected chi connectivity index (χ2v) is 5.44. The first kappa shape index (κ1) is 16.9. The van der Waals surface area contributed by atoms with Crippen LogP contribution in [0, 0.1) is 0 Å². The summed E-state index contributed by atoms with van der Waals surface area (Å²) in [6, 6.07) is 17.4. The summed E-state index contributed by atoms with van der Waals surface area (Å²) in [5.41, 5.74) is 1.17. The molecule has 2 aromatic rings. The van der Waals surface area contributed by atoms with Crippen molar-refractivity contribution in [1.29, 1.82) is 0 Å². The molecule has 4 heteroatoms. The third-order valence-electron chi connectivity index (χ3n) is 3.45. The van der Waals surface area contributed by atoms with E-state index in [9.17, 15) is 4.79 Å². The lowest BCUT2D eigenvalue weighted by atomic mass is 10.1. The van der Waals surface area contributed by atoms with Crippen LogP contribution in [-0.4, -0.2) is 25.7 Å². The van der Waals surface area contributed by atoms with E-state index in [4.69, 9.17) is 9.47 Å². The molecule has 0 aliphatic carbocycles. The standard InChI is InChI=1S/C19H23NO3/c1-15(14-23-18-11-9-17(22-2)10-12-18)20-19(21)13-8-16-6-4-3-5-7-16/h3-7,9-12,15H,8,13-14H2,1-2H3,(H,20,21)/t15-/m1/s1. The minimum Gasteiger partial charge on any atom is -0.497 e. The Morgan fingerprint density at radius 2 is 1.70 bits per heavy atom. The first-order valence-electron chi connectivity index (χ1n) is 7.77. The number of nitrogens with one attached hydrogen (secondary N) is 1. The van der Waals surface area contributed by atoms with Crippen LogP contribution >= 0.6 is 0 Å². The van der Waals surface area contributed by atoms with Gasteiger partial charge in [0.15, 0.2) is 0 Å². The number of hydrogen-bond acceptors (Lipinski definition) is 3. The van der Waals surface area contributed by atoms with Crippen LogP contribution in [0.1, 0.15) is 18.9 Å². The highest BCUT2D eigenvalue weighted by atomic mass is 16.5. The van der Waals surface area contributed by atoms with Crippen LogP contribution in [0.15, 0.2) is 54.6 Å². The van der Waals surface area contributed by atoms with E-state index in [1.807, 2.05) is 61.5 Å². The summed E-state index contributed by atoms with van der Waals surface area (Å²) in [6.07, 6.45) is 1.23. The van der Waals surface area contributed by atoms with E-state index in [1.54, 1.807) is 7.11 Å². The third-order valence-corrected chi connectivity index (χ3v) is 3.45. The molecule has 2 rings (SSSR count). The van der Waals surface area contributed by atoms with Crippen molar-refractivity contribution >= 4 is 5.91 Å². The molecule has 0 heterocycles. The summed E-state index contributed by atoms with van der Waals surface area (Å²) in [5, 5.41) is 2.95. The van der Waals surface area contributed by atoms with Crippen LogP contribution in [0.25, 0.3) is 0 Å². The van der Waals surface area contributed by atoms with E-state index >= 15 is 0 Å². The van der Waals surface area contributed by atoms with Gasteiger partial charge in [-0.3, -0.25) is 4.79 Å². The van der Waals surface area contributed by atoms with Gasteiger partial charge in [0.2, 0.25) is 5.91 Å². The lowest BCUT2D eigenvalue weighted by Gasteiger charge is -2.15. The molecule has 1 atom stereocenters. The van der Waals surface area contributed by atoms with E-state index in [2.05, 4.69) is 5.32 Å². The van der Waals surface area contributed by atoms with Crippen molar-refractivity contribution in [3.05, 3.63) is 60.2 Å². The second-order valence-electron chi connectivity index (χ2n) is 5.44. The normalized spacial score (nSPS) is 11.6. The van der Waals surface area contributed by atoms with Gasteiger partial charge in [0.05, 0.1) is 13.2 Å². The predicted octanol–water partition coefficient (Wildman–Crippen LogP) is 3.21. The average molecular weight is 313 g/mol. The molecule has 23 heavy (non-hydrogen) atoms. The minimum absolute atomic E-state index is 0.0413. The minimum atomic E-state index is -0.0413. The summed E-state index contributed by atoms with van der Waals surface area (Å²) in [7, 11) is 1.63. The van der Waals surface area contributed by atoms with Gasteiger partial charge in [0, 0.05) is 6.42 Å². The van der Waals surface area contributed by atoms with Crippen LogP contribution in [-0.2, 0) is 11.2 Å². The Balaban J connectivity index is 1.69. The molecule has 1 amide bonds. The van der Waals surface area contributed by atoms with Crippen molar-refractivity contribution in [3.63, 3.8) is 0 Å².